The van der Waals surface area contributed by atoms with E-state index in [1.54, 1.807) is 5.56 Å². The molecule has 3 rings (SSSR count). The van der Waals surface area contributed by atoms with Gasteiger partial charge in [-0.05, 0) is 55.7 Å². The highest BCUT2D eigenvalue weighted by molar-refractivity contribution is 7.99. The Morgan fingerprint density at radius 1 is 1.33 bits per heavy atom. The van der Waals surface area contributed by atoms with Crippen LogP contribution in [0.2, 0.25) is 0 Å². The lowest BCUT2D eigenvalue weighted by atomic mass is 9.93. The molecule has 0 spiro atoms. The van der Waals surface area contributed by atoms with Crippen molar-refractivity contribution >= 4 is 11.8 Å². The second kappa shape index (κ2) is 5.66. The molecule has 1 heterocycles. The van der Waals surface area contributed by atoms with Crippen molar-refractivity contribution in [3.05, 3.63) is 29.8 Å². The number of fused-ring (bicyclic) bond motifs is 1. The molecular formula is C16H23NS. The average Bonchev–Trinajstić information content (AvgIpc) is 3.16. The van der Waals surface area contributed by atoms with Crippen molar-refractivity contribution in [1.82, 2.24) is 5.32 Å². The molecule has 1 aliphatic carbocycles. The zero-order valence-corrected chi connectivity index (χ0v) is 12.0. The van der Waals surface area contributed by atoms with Crippen LogP contribution in [-0.2, 0) is 0 Å². The molecule has 0 bridgehead atoms. The fourth-order valence-corrected chi connectivity index (χ4v) is 4.42. The third-order valence-electron chi connectivity index (χ3n) is 4.28. The van der Waals surface area contributed by atoms with Gasteiger partial charge in [-0.15, -0.1) is 11.8 Å². The van der Waals surface area contributed by atoms with E-state index in [0.29, 0.717) is 0 Å². The molecule has 18 heavy (non-hydrogen) atoms. The minimum absolute atomic E-state index is 0.785. The summed E-state index contributed by atoms with van der Waals surface area (Å²) in [6.07, 6.45) is 5.62. The molecule has 1 nitrogen and oxygen atoms in total. The number of hydrogen-bond acceptors (Lipinski definition) is 2. The van der Waals surface area contributed by atoms with Crippen LogP contribution in [0.3, 0.4) is 0 Å². The van der Waals surface area contributed by atoms with E-state index in [9.17, 15) is 0 Å². The molecule has 0 radical (unpaired) electrons. The minimum Gasteiger partial charge on any atom is -0.314 e. The second-order valence-corrected chi connectivity index (χ2v) is 6.69. The maximum atomic E-state index is 3.69. The minimum atomic E-state index is 0.785. The van der Waals surface area contributed by atoms with Crippen LogP contribution in [0.5, 0.6) is 0 Å². The third kappa shape index (κ3) is 2.75. The second-order valence-electron chi connectivity index (χ2n) is 5.62. The van der Waals surface area contributed by atoms with Crippen molar-refractivity contribution in [1.29, 1.82) is 0 Å². The van der Waals surface area contributed by atoms with Gasteiger partial charge >= 0.3 is 0 Å². The molecule has 0 amide bonds. The Morgan fingerprint density at radius 2 is 2.17 bits per heavy atom. The normalized spacial score (nSPS) is 23.9. The van der Waals surface area contributed by atoms with E-state index < -0.39 is 0 Å². The van der Waals surface area contributed by atoms with Crippen LogP contribution in [0, 0.1) is 5.92 Å². The standard InChI is InChI=1S/C16H23NS/c1-2-17-15(12-7-8-12)10-9-13-11-18-16-6-4-3-5-14(13)16/h3-6,12-13,15,17H,2,7-11H2,1H3. The van der Waals surface area contributed by atoms with Gasteiger partial charge in [0.2, 0.25) is 0 Å². The molecule has 98 valence electrons. The summed E-state index contributed by atoms with van der Waals surface area (Å²) in [5.74, 6) is 3.07. The quantitative estimate of drug-likeness (QED) is 0.829. The van der Waals surface area contributed by atoms with Gasteiger partial charge < -0.3 is 5.32 Å². The highest BCUT2D eigenvalue weighted by atomic mass is 32.2. The predicted molar refractivity (Wildman–Crippen MR) is 79.3 cm³/mol. The van der Waals surface area contributed by atoms with E-state index in [2.05, 4.69) is 36.5 Å². The van der Waals surface area contributed by atoms with Crippen LogP contribution in [0.4, 0.5) is 0 Å². The van der Waals surface area contributed by atoms with Gasteiger partial charge in [0.1, 0.15) is 0 Å². The Bertz CT molecular complexity index is 400. The summed E-state index contributed by atoms with van der Waals surface area (Å²) in [5, 5.41) is 3.69. The summed E-state index contributed by atoms with van der Waals surface area (Å²) in [6, 6.07) is 9.76. The Balaban J connectivity index is 1.57. The molecule has 2 aliphatic rings. The fourth-order valence-electron chi connectivity index (χ4n) is 3.11. The summed E-state index contributed by atoms with van der Waals surface area (Å²) in [6.45, 7) is 3.35. The molecule has 0 aromatic heterocycles. The van der Waals surface area contributed by atoms with Gasteiger partial charge in [-0.25, -0.2) is 0 Å². The Hall–Kier alpha value is -0.470. The van der Waals surface area contributed by atoms with Gasteiger partial charge in [-0.2, -0.15) is 0 Å². The first-order valence-electron chi connectivity index (χ1n) is 7.33. The largest absolute Gasteiger partial charge is 0.314 e. The molecule has 1 fully saturated rings. The molecule has 1 aromatic rings. The molecule has 1 aliphatic heterocycles. The number of hydrogen-bond donors (Lipinski definition) is 1. The van der Waals surface area contributed by atoms with Crippen molar-refractivity contribution in [3.8, 4) is 0 Å². The number of thioether (sulfide) groups is 1. The molecule has 2 atom stereocenters. The molecule has 2 unspecified atom stereocenters. The zero-order valence-electron chi connectivity index (χ0n) is 11.2. The lowest BCUT2D eigenvalue weighted by molar-refractivity contribution is 0.422. The van der Waals surface area contributed by atoms with Gasteiger partial charge in [0.05, 0.1) is 0 Å². The van der Waals surface area contributed by atoms with Crippen molar-refractivity contribution < 1.29 is 0 Å². The van der Waals surface area contributed by atoms with Crippen LogP contribution in [0.25, 0.3) is 0 Å². The van der Waals surface area contributed by atoms with Crippen LogP contribution >= 0.6 is 11.8 Å². The maximum Gasteiger partial charge on any atom is 0.0107 e. The van der Waals surface area contributed by atoms with E-state index in [1.807, 2.05) is 11.8 Å². The van der Waals surface area contributed by atoms with E-state index in [-0.39, 0.29) is 0 Å². The topological polar surface area (TPSA) is 12.0 Å². The van der Waals surface area contributed by atoms with Gasteiger partial charge in [0, 0.05) is 16.7 Å². The summed E-state index contributed by atoms with van der Waals surface area (Å²) < 4.78 is 0. The zero-order chi connectivity index (χ0) is 12.4. The SMILES string of the molecule is CCNC(CCC1CSc2ccccc21)C1CC1. The fraction of sp³-hybridized carbons (Fsp3) is 0.625. The monoisotopic (exact) mass is 261 g/mol. The highest BCUT2D eigenvalue weighted by Crippen LogP contribution is 2.43. The third-order valence-corrected chi connectivity index (χ3v) is 5.53. The van der Waals surface area contributed by atoms with Crippen molar-refractivity contribution in [2.75, 3.05) is 12.3 Å². The lowest BCUT2D eigenvalue weighted by Gasteiger charge is -2.19. The van der Waals surface area contributed by atoms with Gasteiger partial charge in [-0.1, -0.05) is 25.1 Å². The average molecular weight is 261 g/mol. The van der Waals surface area contributed by atoms with Gasteiger partial charge in [0.25, 0.3) is 0 Å². The first kappa shape index (κ1) is 12.6. The summed E-state index contributed by atoms with van der Waals surface area (Å²) in [5.41, 5.74) is 1.61. The molecular weight excluding hydrogens is 238 g/mol. The van der Waals surface area contributed by atoms with Crippen LogP contribution in [0.15, 0.2) is 29.2 Å². The Morgan fingerprint density at radius 3 is 2.94 bits per heavy atom. The predicted octanol–water partition coefficient (Wildman–Crippen LogP) is 4.04. The first-order chi connectivity index (χ1) is 8.88. The lowest BCUT2D eigenvalue weighted by Crippen LogP contribution is -2.31. The van der Waals surface area contributed by atoms with Crippen LogP contribution < -0.4 is 5.32 Å². The van der Waals surface area contributed by atoms with E-state index in [0.717, 1.165) is 24.4 Å². The summed E-state index contributed by atoms with van der Waals surface area (Å²) in [4.78, 5) is 1.52. The Labute approximate surface area is 115 Å². The maximum absolute atomic E-state index is 3.69. The number of benzene rings is 1. The molecule has 2 heteroatoms. The van der Waals surface area contributed by atoms with Gasteiger partial charge in [0.15, 0.2) is 0 Å². The first-order valence-corrected chi connectivity index (χ1v) is 8.32. The van der Waals surface area contributed by atoms with Crippen LogP contribution in [0.1, 0.15) is 44.1 Å². The van der Waals surface area contributed by atoms with E-state index in [1.165, 1.54) is 36.3 Å². The van der Waals surface area contributed by atoms with Crippen molar-refractivity contribution in [3.63, 3.8) is 0 Å². The van der Waals surface area contributed by atoms with Crippen molar-refractivity contribution in [2.45, 2.75) is 49.5 Å². The molecule has 1 aromatic carbocycles. The number of rotatable bonds is 6. The molecule has 1 saturated carbocycles. The van der Waals surface area contributed by atoms with Crippen molar-refractivity contribution in [2.24, 2.45) is 5.92 Å². The molecule has 1 N–H and O–H groups in total. The summed E-state index contributed by atoms with van der Waals surface area (Å²) >= 11 is 2.04. The summed E-state index contributed by atoms with van der Waals surface area (Å²) in [7, 11) is 0. The van der Waals surface area contributed by atoms with Crippen LogP contribution in [-0.4, -0.2) is 18.3 Å². The van der Waals surface area contributed by atoms with E-state index in [4.69, 9.17) is 0 Å². The van der Waals surface area contributed by atoms with E-state index >= 15 is 0 Å². The van der Waals surface area contributed by atoms with Gasteiger partial charge in [-0.3, -0.25) is 0 Å². The number of nitrogens with one attached hydrogen (secondary N) is 1. The highest BCUT2D eigenvalue weighted by Gasteiger charge is 2.31. The smallest absolute Gasteiger partial charge is 0.0107 e. The molecule has 0 saturated heterocycles. The Kier molecular flexibility index (Phi) is 3.95.